The van der Waals surface area contributed by atoms with Gasteiger partial charge in [0.1, 0.15) is 5.69 Å². The number of hydrogen-bond acceptors (Lipinski definition) is 3. The van der Waals surface area contributed by atoms with Gasteiger partial charge in [-0.3, -0.25) is 9.78 Å². The van der Waals surface area contributed by atoms with Gasteiger partial charge in [-0.25, -0.2) is 0 Å². The molecule has 4 heteroatoms. The van der Waals surface area contributed by atoms with Gasteiger partial charge in [0, 0.05) is 26.3 Å². The second-order valence-corrected chi connectivity index (χ2v) is 4.80. The third kappa shape index (κ3) is 3.03. The van der Waals surface area contributed by atoms with Crippen LogP contribution in [0.5, 0.6) is 0 Å². The first kappa shape index (κ1) is 14.2. The molecule has 104 valence electrons. The molecule has 1 aromatic carbocycles. The number of benzene rings is 1. The van der Waals surface area contributed by atoms with Gasteiger partial charge in [0.25, 0.3) is 5.91 Å². The summed E-state index contributed by atoms with van der Waals surface area (Å²) in [6.45, 7) is 2.89. The number of amides is 1. The van der Waals surface area contributed by atoms with Gasteiger partial charge < -0.3 is 10.6 Å². The van der Waals surface area contributed by atoms with Crippen LogP contribution in [-0.2, 0) is 13.1 Å². The van der Waals surface area contributed by atoms with E-state index in [0.717, 1.165) is 16.7 Å². The van der Waals surface area contributed by atoms with Gasteiger partial charge in [-0.2, -0.15) is 0 Å². The van der Waals surface area contributed by atoms with Gasteiger partial charge in [-0.05, 0) is 29.7 Å². The zero-order valence-electron chi connectivity index (χ0n) is 11.8. The SMILES string of the molecule is Cc1cccnc1C(=O)N(C)Cc1ccccc1CN. The van der Waals surface area contributed by atoms with Crippen molar-refractivity contribution in [2.45, 2.75) is 20.0 Å². The molecule has 1 amide bonds. The minimum atomic E-state index is -0.0741. The maximum Gasteiger partial charge on any atom is 0.272 e. The summed E-state index contributed by atoms with van der Waals surface area (Å²) in [6, 6.07) is 11.6. The Kier molecular flexibility index (Phi) is 4.48. The topological polar surface area (TPSA) is 59.2 Å². The van der Waals surface area contributed by atoms with Crippen molar-refractivity contribution >= 4 is 5.91 Å². The lowest BCUT2D eigenvalue weighted by molar-refractivity contribution is 0.0778. The second-order valence-electron chi connectivity index (χ2n) is 4.80. The standard InChI is InChI=1S/C16H19N3O/c1-12-6-5-9-18-15(12)16(20)19(2)11-14-8-4-3-7-13(14)10-17/h3-9H,10-11,17H2,1-2H3. The summed E-state index contributed by atoms with van der Waals surface area (Å²) in [5.74, 6) is -0.0741. The number of hydrogen-bond donors (Lipinski definition) is 1. The molecule has 0 radical (unpaired) electrons. The first-order chi connectivity index (χ1) is 9.63. The summed E-state index contributed by atoms with van der Waals surface area (Å²) in [7, 11) is 1.78. The van der Waals surface area contributed by atoms with E-state index in [4.69, 9.17) is 5.73 Å². The number of pyridine rings is 1. The van der Waals surface area contributed by atoms with Crippen molar-refractivity contribution in [3.8, 4) is 0 Å². The molecule has 0 atom stereocenters. The van der Waals surface area contributed by atoms with Crippen molar-refractivity contribution in [2.24, 2.45) is 5.73 Å². The van der Waals surface area contributed by atoms with Crippen molar-refractivity contribution in [1.29, 1.82) is 0 Å². The summed E-state index contributed by atoms with van der Waals surface area (Å²) in [5.41, 5.74) is 9.24. The number of aryl methyl sites for hydroxylation is 1. The van der Waals surface area contributed by atoms with Gasteiger partial charge in [-0.1, -0.05) is 30.3 Å². The molecule has 0 fully saturated rings. The second kappa shape index (κ2) is 6.30. The fourth-order valence-corrected chi connectivity index (χ4v) is 2.13. The van der Waals surface area contributed by atoms with Crippen LogP contribution in [0.25, 0.3) is 0 Å². The Morgan fingerprint density at radius 1 is 1.20 bits per heavy atom. The summed E-state index contributed by atoms with van der Waals surface area (Å²) >= 11 is 0. The van der Waals surface area contributed by atoms with Crippen LogP contribution >= 0.6 is 0 Å². The summed E-state index contributed by atoms with van der Waals surface area (Å²) in [6.07, 6.45) is 1.64. The normalized spacial score (nSPS) is 10.3. The van der Waals surface area contributed by atoms with Crippen molar-refractivity contribution in [3.05, 3.63) is 65.0 Å². The number of nitrogens with two attached hydrogens (primary N) is 1. The predicted octanol–water partition coefficient (Wildman–Crippen LogP) is 2.12. The van der Waals surface area contributed by atoms with E-state index in [-0.39, 0.29) is 5.91 Å². The molecule has 1 heterocycles. The van der Waals surface area contributed by atoms with Crippen molar-refractivity contribution < 1.29 is 4.79 Å². The molecule has 2 rings (SSSR count). The van der Waals surface area contributed by atoms with Gasteiger partial charge >= 0.3 is 0 Å². The maximum atomic E-state index is 12.4. The van der Waals surface area contributed by atoms with E-state index < -0.39 is 0 Å². The highest BCUT2D eigenvalue weighted by atomic mass is 16.2. The zero-order valence-corrected chi connectivity index (χ0v) is 11.8. The van der Waals surface area contributed by atoms with Crippen LogP contribution < -0.4 is 5.73 Å². The summed E-state index contributed by atoms with van der Waals surface area (Å²) in [5, 5.41) is 0. The van der Waals surface area contributed by atoms with Crippen LogP contribution in [0.3, 0.4) is 0 Å². The average molecular weight is 269 g/mol. The first-order valence-corrected chi connectivity index (χ1v) is 6.57. The number of carbonyl (C=O) groups is 1. The fraction of sp³-hybridized carbons (Fsp3) is 0.250. The van der Waals surface area contributed by atoms with E-state index in [0.29, 0.717) is 18.8 Å². The first-order valence-electron chi connectivity index (χ1n) is 6.57. The molecule has 0 bridgehead atoms. The van der Waals surface area contributed by atoms with Gasteiger partial charge in [0.2, 0.25) is 0 Å². The van der Waals surface area contributed by atoms with E-state index in [1.807, 2.05) is 43.3 Å². The zero-order chi connectivity index (χ0) is 14.5. The van der Waals surface area contributed by atoms with Gasteiger partial charge in [0.15, 0.2) is 0 Å². The van der Waals surface area contributed by atoms with E-state index in [1.165, 1.54) is 0 Å². The Hall–Kier alpha value is -2.20. The van der Waals surface area contributed by atoms with E-state index in [2.05, 4.69) is 4.98 Å². The molecule has 2 aromatic rings. The van der Waals surface area contributed by atoms with Crippen LogP contribution in [0.2, 0.25) is 0 Å². The third-order valence-electron chi connectivity index (χ3n) is 3.30. The largest absolute Gasteiger partial charge is 0.336 e. The van der Waals surface area contributed by atoms with E-state index >= 15 is 0 Å². The Morgan fingerprint density at radius 2 is 1.90 bits per heavy atom. The molecule has 0 aliphatic carbocycles. The smallest absolute Gasteiger partial charge is 0.272 e. The molecular formula is C16H19N3O. The highest BCUT2D eigenvalue weighted by molar-refractivity contribution is 5.93. The molecule has 1 aromatic heterocycles. The average Bonchev–Trinajstić information content (AvgIpc) is 2.47. The number of rotatable bonds is 4. The van der Waals surface area contributed by atoms with Crippen LogP contribution in [0.4, 0.5) is 0 Å². The quantitative estimate of drug-likeness (QED) is 0.925. The van der Waals surface area contributed by atoms with Crippen LogP contribution in [-0.4, -0.2) is 22.8 Å². The summed E-state index contributed by atoms with van der Waals surface area (Å²) in [4.78, 5) is 18.2. The highest BCUT2D eigenvalue weighted by Crippen LogP contribution is 2.13. The lowest BCUT2D eigenvalue weighted by atomic mass is 10.1. The lowest BCUT2D eigenvalue weighted by Crippen LogP contribution is -2.28. The number of carbonyl (C=O) groups excluding carboxylic acids is 1. The Bertz CT molecular complexity index is 610. The highest BCUT2D eigenvalue weighted by Gasteiger charge is 2.16. The van der Waals surface area contributed by atoms with Crippen molar-refractivity contribution in [1.82, 2.24) is 9.88 Å². The fourth-order valence-electron chi connectivity index (χ4n) is 2.13. The van der Waals surface area contributed by atoms with E-state index in [9.17, 15) is 4.79 Å². The molecule has 0 unspecified atom stereocenters. The lowest BCUT2D eigenvalue weighted by Gasteiger charge is -2.19. The minimum Gasteiger partial charge on any atom is -0.336 e. The Balaban J connectivity index is 2.18. The molecule has 0 aliphatic rings. The van der Waals surface area contributed by atoms with Crippen LogP contribution in [0, 0.1) is 6.92 Å². The molecule has 0 spiro atoms. The predicted molar refractivity (Wildman–Crippen MR) is 79.1 cm³/mol. The molecule has 20 heavy (non-hydrogen) atoms. The number of nitrogens with zero attached hydrogens (tertiary/aromatic N) is 2. The molecule has 2 N–H and O–H groups in total. The Morgan fingerprint density at radius 3 is 2.55 bits per heavy atom. The van der Waals surface area contributed by atoms with Crippen LogP contribution in [0.1, 0.15) is 27.2 Å². The maximum absolute atomic E-state index is 12.4. The van der Waals surface area contributed by atoms with Crippen LogP contribution in [0.15, 0.2) is 42.6 Å². The monoisotopic (exact) mass is 269 g/mol. The van der Waals surface area contributed by atoms with Crippen molar-refractivity contribution in [2.75, 3.05) is 7.05 Å². The van der Waals surface area contributed by atoms with Gasteiger partial charge in [0.05, 0.1) is 0 Å². The minimum absolute atomic E-state index is 0.0741. The number of aromatic nitrogens is 1. The molecule has 4 nitrogen and oxygen atoms in total. The van der Waals surface area contributed by atoms with Gasteiger partial charge in [-0.15, -0.1) is 0 Å². The third-order valence-corrected chi connectivity index (χ3v) is 3.30. The molecular weight excluding hydrogens is 250 g/mol. The van der Waals surface area contributed by atoms with Crippen molar-refractivity contribution in [3.63, 3.8) is 0 Å². The Labute approximate surface area is 119 Å². The van der Waals surface area contributed by atoms with E-state index in [1.54, 1.807) is 18.1 Å². The molecule has 0 aliphatic heterocycles. The molecule has 0 saturated carbocycles. The molecule has 0 saturated heterocycles. The summed E-state index contributed by atoms with van der Waals surface area (Å²) < 4.78 is 0.